The van der Waals surface area contributed by atoms with Crippen LogP contribution in [0.25, 0.3) is 0 Å². The first-order chi connectivity index (χ1) is 3.81. The fourth-order valence-corrected chi connectivity index (χ4v) is 0.443. The van der Waals surface area contributed by atoms with Gasteiger partial charge in [0.15, 0.2) is 0 Å². The second-order valence-corrected chi connectivity index (χ2v) is 1.89. The molecule has 0 heterocycles. The molecule has 0 fully saturated rings. The van der Waals surface area contributed by atoms with Crippen LogP contribution in [0.5, 0.6) is 0 Å². The number of hydrogen-bond donors (Lipinski definition) is 1. The summed E-state index contributed by atoms with van der Waals surface area (Å²) in [6.07, 6.45) is 2.33. The van der Waals surface area contributed by atoms with Crippen LogP contribution in [0.3, 0.4) is 0 Å². The molecule has 0 amide bonds. The molecule has 2 heteroatoms. The maximum Gasteiger partial charge on any atom is 0.00275 e. The van der Waals surface area contributed by atoms with Crippen molar-refractivity contribution in [2.75, 3.05) is 20.1 Å². The van der Waals surface area contributed by atoms with Crippen LogP contribution in [0, 0.1) is 5.41 Å². The van der Waals surface area contributed by atoms with Gasteiger partial charge < -0.3 is 10.3 Å². The molecule has 0 aliphatic carbocycles. The van der Waals surface area contributed by atoms with E-state index in [0.29, 0.717) is 0 Å². The molecule has 0 aromatic rings. The van der Waals surface area contributed by atoms with Crippen molar-refractivity contribution in [2.24, 2.45) is 0 Å². The summed E-state index contributed by atoms with van der Waals surface area (Å²) >= 11 is 0. The van der Waals surface area contributed by atoms with Crippen LogP contribution in [0.4, 0.5) is 0 Å². The van der Waals surface area contributed by atoms with E-state index < -0.39 is 0 Å². The standard InChI is InChI=1S/C6H14N2/c1-3-8(2)6-4-5-7/h5,7H,3-4,6H2,1-2H3. The molecule has 1 N–H and O–H groups in total. The molecule has 0 rings (SSSR count). The summed E-state index contributed by atoms with van der Waals surface area (Å²) in [5, 5.41) is 6.72. The van der Waals surface area contributed by atoms with Gasteiger partial charge in [0, 0.05) is 6.54 Å². The van der Waals surface area contributed by atoms with Gasteiger partial charge in [-0.2, -0.15) is 0 Å². The van der Waals surface area contributed by atoms with E-state index in [1.165, 1.54) is 6.21 Å². The SMILES string of the molecule is CCN(C)CCC=N. The Morgan fingerprint density at radius 2 is 2.25 bits per heavy atom. The molecule has 0 saturated heterocycles. The zero-order valence-electron chi connectivity index (χ0n) is 5.65. The minimum Gasteiger partial charge on any atom is -0.313 e. The monoisotopic (exact) mass is 114 g/mol. The largest absolute Gasteiger partial charge is 0.313 e. The quantitative estimate of drug-likeness (QED) is 0.542. The summed E-state index contributed by atoms with van der Waals surface area (Å²) in [4.78, 5) is 2.19. The second kappa shape index (κ2) is 4.78. The molecule has 0 unspecified atom stereocenters. The van der Waals surface area contributed by atoms with Crippen LogP contribution in [0.15, 0.2) is 0 Å². The third-order valence-electron chi connectivity index (χ3n) is 1.19. The van der Waals surface area contributed by atoms with E-state index in [1.54, 1.807) is 0 Å². The maximum absolute atomic E-state index is 6.72. The fraction of sp³-hybridized carbons (Fsp3) is 0.833. The average Bonchev–Trinajstić information content (AvgIpc) is 1.83. The van der Waals surface area contributed by atoms with Crippen molar-refractivity contribution < 1.29 is 0 Å². The Kier molecular flexibility index (Phi) is 4.56. The van der Waals surface area contributed by atoms with Gasteiger partial charge in [0.2, 0.25) is 0 Å². The predicted octanol–water partition coefficient (Wildman–Crippen LogP) is 0.978. The summed E-state index contributed by atoms with van der Waals surface area (Å²) in [6.45, 7) is 4.21. The molecule has 2 nitrogen and oxygen atoms in total. The Bertz CT molecular complexity index is 61.5. The lowest BCUT2D eigenvalue weighted by Gasteiger charge is -2.10. The van der Waals surface area contributed by atoms with Crippen LogP contribution in [-0.4, -0.2) is 31.3 Å². The molecule has 0 aromatic carbocycles. The van der Waals surface area contributed by atoms with E-state index in [4.69, 9.17) is 5.41 Å². The van der Waals surface area contributed by atoms with Crippen LogP contribution in [0.1, 0.15) is 13.3 Å². The highest BCUT2D eigenvalue weighted by molar-refractivity contribution is 5.52. The third-order valence-corrected chi connectivity index (χ3v) is 1.19. The van der Waals surface area contributed by atoms with Crippen molar-refractivity contribution in [3.05, 3.63) is 0 Å². The van der Waals surface area contributed by atoms with Crippen LogP contribution in [-0.2, 0) is 0 Å². The molecule has 0 radical (unpaired) electrons. The van der Waals surface area contributed by atoms with Gasteiger partial charge in [0.1, 0.15) is 0 Å². The van der Waals surface area contributed by atoms with Gasteiger partial charge in [-0.3, -0.25) is 0 Å². The maximum atomic E-state index is 6.72. The van der Waals surface area contributed by atoms with Crippen LogP contribution < -0.4 is 0 Å². The van der Waals surface area contributed by atoms with Gasteiger partial charge in [-0.1, -0.05) is 6.92 Å². The zero-order valence-corrected chi connectivity index (χ0v) is 5.65. The molecule has 48 valence electrons. The summed E-state index contributed by atoms with van der Waals surface area (Å²) in [6, 6.07) is 0. The summed E-state index contributed by atoms with van der Waals surface area (Å²) in [5.74, 6) is 0. The normalized spacial score (nSPS) is 9.88. The van der Waals surface area contributed by atoms with Crippen molar-refractivity contribution in [3.63, 3.8) is 0 Å². The molecule has 0 saturated carbocycles. The molecule has 0 bridgehead atoms. The minimum absolute atomic E-state index is 0.879. The van der Waals surface area contributed by atoms with Gasteiger partial charge >= 0.3 is 0 Å². The molecular weight excluding hydrogens is 100 g/mol. The van der Waals surface area contributed by atoms with E-state index in [2.05, 4.69) is 18.9 Å². The lowest BCUT2D eigenvalue weighted by atomic mass is 10.4. The fourth-order valence-electron chi connectivity index (χ4n) is 0.443. The Hall–Kier alpha value is -0.370. The molecule has 8 heavy (non-hydrogen) atoms. The Labute approximate surface area is 51.0 Å². The predicted molar refractivity (Wildman–Crippen MR) is 36.6 cm³/mol. The van der Waals surface area contributed by atoms with Crippen molar-refractivity contribution in [3.8, 4) is 0 Å². The summed E-state index contributed by atoms with van der Waals surface area (Å²) in [5.41, 5.74) is 0. The molecule has 0 aliphatic heterocycles. The van der Waals surface area contributed by atoms with Gasteiger partial charge in [-0.05, 0) is 26.2 Å². The van der Waals surface area contributed by atoms with E-state index in [0.717, 1.165) is 19.5 Å². The zero-order chi connectivity index (χ0) is 6.41. The summed E-state index contributed by atoms with van der Waals surface area (Å²) < 4.78 is 0. The van der Waals surface area contributed by atoms with Crippen molar-refractivity contribution in [1.29, 1.82) is 5.41 Å². The summed E-state index contributed by atoms with van der Waals surface area (Å²) in [7, 11) is 2.06. The van der Waals surface area contributed by atoms with Crippen molar-refractivity contribution in [2.45, 2.75) is 13.3 Å². The topological polar surface area (TPSA) is 27.1 Å². The highest BCUT2D eigenvalue weighted by atomic mass is 15.1. The van der Waals surface area contributed by atoms with E-state index >= 15 is 0 Å². The molecular formula is C6H14N2. The lowest BCUT2D eigenvalue weighted by molar-refractivity contribution is 0.365. The van der Waals surface area contributed by atoms with Crippen molar-refractivity contribution >= 4 is 6.21 Å². The second-order valence-electron chi connectivity index (χ2n) is 1.89. The molecule has 0 atom stereocenters. The Balaban J connectivity index is 2.97. The first-order valence-corrected chi connectivity index (χ1v) is 2.98. The minimum atomic E-state index is 0.879. The van der Waals surface area contributed by atoms with Gasteiger partial charge in [0.25, 0.3) is 0 Å². The first kappa shape index (κ1) is 7.63. The van der Waals surface area contributed by atoms with Crippen LogP contribution in [0.2, 0.25) is 0 Å². The Morgan fingerprint density at radius 1 is 1.62 bits per heavy atom. The number of nitrogens with one attached hydrogen (secondary N) is 1. The first-order valence-electron chi connectivity index (χ1n) is 2.98. The lowest BCUT2D eigenvalue weighted by Crippen LogP contribution is -2.18. The molecule has 0 aromatic heterocycles. The van der Waals surface area contributed by atoms with Gasteiger partial charge in [0.05, 0.1) is 0 Å². The third kappa shape index (κ3) is 3.81. The highest BCUT2D eigenvalue weighted by Crippen LogP contribution is 1.81. The number of nitrogens with zero attached hydrogens (tertiary/aromatic N) is 1. The van der Waals surface area contributed by atoms with E-state index in [9.17, 15) is 0 Å². The smallest absolute Gasteiger partial charge is 0.00275 e. The average molecular weight is 114 g/mol. The van der Waals surface area contributed by atoms with Crippen LogP contribution >= 0.6 is 0 Å². The van der Waals surface area contributed by atoms with E-state index in [-0.39, 0.29) is 0 Å². The highest BCUT2D eigenvalue weighted by Gasteiger charge is 1.88. The molecule has 0 spiro atoms. The Morgan fingerprint density at radius 3 is 2.62 bits per heavy atom. The molecule has 0 aliphatic rings. The van der Waals surface area contributed by atoms with E-state index in [1.807, 2.05) is 0 Å². The van der Waals surface area contributed by atoms with Crippen molar-refractivity contribution in [1.82, 2.24) is 4.90 Å². The number of hydrogen-bond acceptors (Lipinski definition) is 2. The number of rotatable bonds is 4. The van der Waals surface area contributed by atoms with Gasteiger partial charge in [-0.25, -0.2) is 0 Å². The van der Waals surface area contributed by atoms with Gasteiger partial charge in [-0.15, -0.1) is 0 Å².